The quantitative estimate of drug-likeness (QED) is 0.711. The number of ketones is 1. The number of carbonyl (C=O) groups is 1. The van der Waals surface area contributed by atoms with E-state index in [4.69, 9.17) is 21.6 Å². The van der Waals surface area contributed by atoms with E-state index < -0.39 is 9.84 Å². The third-order valence-electron chi connectivity index (χ3n) is 4.78. The summed E-state index contributed by atoms with van der Waals surface area (Å²) in [6.07, 6.45) is 0.559. The molecule has 0 saturated carbocycles. The fourth-order valence-corrected chi connectivity index (χ4v) is 5.44. The van der Waals surface area contributed by atoms with Crippen molar-refractivity contribution in [2.24, 2.45) is 0 Å². The molecule has 142 valence electrons. The summed E-state index contributed by atoms with van der Waals surface area (Å²) >= 11 is 6.06. The highest BCUT2D eigenvalue weighted by atomic mass is 35.5. The Hall–Kier alpha value is -2.30. The Morgan fingerprint density at radius 1 is 1.37 bits per heavy atom. The summed E-state index contributed by atoms with van der Waals surface area (Å²) in [7, 11) is -3.01. The lowest BCUT2D eigenvalue weighted by Gasteiger charge is -2.16. The van der Waals surface area contributed by atoms with Crippen LogP contribution in [-0.2, 0) is 9.84 Å². The lowest BCUT2D eigenvalue weighted by molar-refractivity contribution is 0.0921. The van der Waals surface area contributed by atoms with E-state index in [0.717, 1.165) is 11.4 Å². The number of benzene rings is 1. The molecule has 1 fully saturated rings. The number of rotatable bonds is 5. The van der Waals surface area contributed by atoms with Gasteiger partial charge < -0.3 is 9.30 Å². The number of ether oxygens (including phenoxy) is 1. The summed E-state index contributed by atoms with van der Waals surface area (Å²) in [4.78, 5) is 12.6. The predicted octanol–water partition coefficient (Wildman–Crippen LogP) is 3.25. The highest BCUT2D eigenvalue weighted by Crippen LogP contribution is 2.30. The Morgan fingerprint density at radius 2 is 2.11 bits per heavy atom. The van der Waals surface area contributed by atoms with Crippen LogP contribution in [0.3, 0.4) is 0 Å². The lowest BCUT2D eigenvalue weighted by atomic mass is 10.1. The largest absolute Gasteiger partial charge is 0.484 e. The minimum atomic E-state index is -3.01. The molecule has 1 saturated heterocycles. The van der Waals surface area contributed by atoms with Crippen molar-refractivity contribution in [3.63, 3.8) is 0 Å². The molecule has 27 heavy (non-hydrogen) atoms. The lowest BCUT2D eigenvalue weighted by Crippen LogP contribution is -2.16. The van der Waals surface area contributed by atoms with Gasteiger partial charge in [-0.3, -0.25) is 4.79 Å². The molecule has 1 atom stereocenters. The number of aryl methyl sites for hydroxylation is 1. The Balaban J connectivity index is 1.76. The fourth-order valence-electron chi connectivity index (χ4n) is 3.51. The summed E-state index contributed by atoms with van der Waals surface area (Å²) in [6.45, 7) is 3.49. The van der Waals surface area contributed by atoms with Crippen LogP contribution in [0.25, 0.3) is 0 Å². The number of nitriles is 1. The van der Waals surface area contributed by atoms with Crippen LogP contribution in [-0.4, -0.2) is 36.9 Å². The van der Waals surface area contributed by atoms with E-state index in [9.17, 15) is 13.2 Å². The predicted molar refractivity (Wildman–Crippen MR) is 102 cm³/mol. The van der Waals surface area contributed by atoms with Gasteiger partial charge in [0.15, 0.2) is 16.4 Å². The molecule has 0 bridgehead atoms. The number of halogens is 1. The molecule has 0 radical (unpaired) electrons. The van der Waals surface area contributed by atoms with E-state index in [1.807, 2.05) is 24.5 Å². The van der Waals surface area contributed by atoms with Gasteiger partial charge >= 0.3 is 0 Å². The molecule has 1 aromatic heterocycles. The maximum atomic E-state index is 12.6. The zero-order chi connectivity index (χ0) is 19.8. The second-order valence-electron chi connectivity index (χ2n) is 6.68. The first-order valence-corrected chi connectivity index (χ1v) is 10.7. The molecular formula is C19H19ClN2O4S. The number of sulfone groups is 1. The molecule has 0 aliphatic carbocycles. The van der Waals surface area contributed by atoms with Gasteiger partial charge in [0.2, 0.25) is 5.78 Å². The van der Waals surface area contributed by atoms with Crippen molar-refractivity contribution in [1.29, 1.82) is 5.26 Å². The standard InChI is InChI=1S/C19H19ClN2O4S/c1-12-7-16(13(2)22(12)15-5-6-27(24,25)11-15)18(23)10-26-19-4-3-14(9-21)8-17(19)20/h3-4,7-8,15H,5-6,10-11H2,1-2H3. The van der Waals surface area contributed by atoms with Crippen molar-refractivity contribution >= 4 is 27.2 Å². The Kier molecular flexibility index (Phi) is 5.31. The Labute approximate surface area is 163 Å². The first kappa shape index (κ1) is 19.5. The van der Waals surface area contributed by atoms with Gasteiger partial charge in [0.1, 0.15) is 5.75 Å². The van der Waals surface area contributed by atoms with Gasteiger partial charge in [-0.25, -0.2) is 8.42 Å². The van der Waals surface area contributed by atoms with E-state index >= 15 is 0 Å². The summed E-state index contributed by atoms with van der Waals surface area (Å²) in [5.41, 5.74) is 2.53. The van der Waals surface area contributed by atoms with Gasteiger partial charge in [0, 0.05) is 23.0 Å². The van der Waals surface area contributed by atoms with Crippen LogP contribution in [0.5, 0.6) is 5.75 Å². The van der Waals surface area contributed by atoms with Gasteiger partial charge in [-0.15, -0.1) is 0 Å². The molecule has 0 N–H and O–H groups in total. The van der Waals surface area contributed by atoms with Gasteiger partial charge in [-0.1, -0.05) is 11.6 Å². The summed E-state index contributed by atoms with van der Waals surface area (Å²) < 4.78 is 31.0. The van der Waals surface area contributed by atoms with Gasteiger partial charge in [0.05, 0.1) is 28.2 Å². The number of carbonyl (C=O) groups excluding carboxylic acids is 1. The van der Waals surface area contributed by atoms with Crippen molar-refractivity contribution in [3.8, 4) is 11.8 Å². The number of nitrogens with zero attached hydrogens (tertiary/aromatic N) is 2. The molecule has 3 rings (SSSR count). The monoisotopic (exact) mass is 406 g/mol. The molecule has 2 aromatic rings. The van der Waals surface area contributed by atoms with Crippen LogP contribution >= 0.6 is 11.6 Å². The molecule has 1 aliphatic rings. The molecule has 6 nitrogen and oxygen atoms in total. The first-order chi connectivity index (χ1) is 12.7. The average molecular weight is 407 g/mol. The number of hydrogen-bond acceptors (Lipinski definition) is 5. The smallest absolute Gasteiger partial charge is 0.202 e. The van der Waals surface area contributed by atoms with Crippen LogP contribution in [0.1, 0.15) is 39.8 Å². The molecule has 8 heteroatoms. The van der Waals surface area contributed by atoms with Gasteiger partial charge in [-0.05, 0) is 44.5 Å². The van der Waals surface area contributed by atoms with Crippen molar-refractivity contribution in [3.05, 3.63) is 51.8 Å². The SMILES string of the molecule is Cc1cc(C(=O)COc2ccc(C#N)cc2Cl)c(C)n1C1CCS(=O)(=O)C1. The van der Waals surface area contributed by atoms with Gasteiger partial charge in [0.25, 0.3) is 0 Å². The van der Waals surface area contributed by atoms with Crippen LogP contribution < -0.4 is 4.74 Å². The second-order valence-corrected chi connectivity index (χ2v) is 9.32. The maximum absolute atomic E-state index is 12.6. The third kappa shape index (κ3) is 4.02. The minimum absolute atomic E-state index is 0.105. The molecule has 1 aromatic carbocycles. The van der Waals surface area contributed by atoms with E-state index in [1.54, 1.807) is 18.2 Å². The van der Waals surface area contributed by atoms with E-state index in [0.29, 0.717) is 23.3 Å². The van der Waals surface area contributed by atoms with Crippen LogP contribution in [0.2, 0.25) is 5.02 Å². The van der Waals surface area contributed by atoms with Crippen LogP contribution in [0.4, 0.5) is 0 Å². The molecule has 1 aliphatic heterocycles. The molecule has 2 heterocycles. The average Bonchev–Trinajstić information content (AvgIpc) is 3.11. The van der Waals surface area contributed by atoms with Crippen molar-refractivity contribution in [2.75, 3.05) is 18.1 Å². The molecule has 0 spiro atoms. The van der Waals surface area contributed by atoms with Crippen molar-refractivity contribution in [1.82, 2.24) is 4.57 Å². The van der Waals surface area contributed by atoms with Crippen molar-refractivity contribution < 1.29 is 17.9 Å². The number of hydrogen-bond donors (Lipinski definition) is 0. The Bertz CT molecular complexity index is 1050. The molecule has 1 unspecified atom stereocenters. The maximum Gasteiger partial charge on any atom is 0.202 e. The highest BCUT2D eigenvalue weighted by molar-refractivity contribution is 7.91. The first-order valence-electron chi connectivity index (χ1n) is 8.46. The normalized spacial score (nSPS) is 18.2. The number of aromatic nitrogens is 1. The summed E-state index contributed by atoms with van der Waals surface area (Å²) in [5, 5.41) is 9.12. The van der Waals surface area contributed by atoms with Crippen molar-refractivity contribution in [2.45, 2.75) is 26.3 Å². The summed E-state index contributed by atoms with van der Waals surface area (Å²) in [5.74, 6) is 0.405. The highest BCUT2D eigenvalue weighted by Gasteiger charge is 2.31. The zero-order valence-corrected chi connectivity index (χ0v) is 16.6. The van der Waals surface area contributed by atoms with Gasteiger partial charge in [-0.2, -0.15) is 5.26 Å². The Morgan fingerprint density at radius 3 is 2.70 bits per heavy atom. The molecule has 0 amide bonds. The molecular weight excluding hydrogens is 388 g/mol. The van der Waals surface area contributed by atoms with E-state index in [2.05, 4.69) is 0 Å². The topological polar surface area (TPSA) is 89.2 Å². The third-order valence-corrected chi connectivity index (χ3v) is 6.82. The van der Waals surface area contributed by atoms with Crippen LogP contribution in [0.15, 0.2) is 24.3 Å². The zero-order valence-electron chi connectivity index (χ0n) is 15.0. The van der Waals surface area contributed by atoms with E-state index in [1.165, 1.54) is 6.07 Å². The minimum Gasteiger partial charge on any atom is -0.484 e. The van der Waals surface area contributed by atoms with Crippen LogP contribution in [0, 0.1) is 25.2 Å². The second kappa shape index (κ2) is 7.37. The number of Topliss-reactive ketones (excluding diaryl/α,β-unsaturated/α-hetero) is 1. The summed E-state index contributed by atoms with van der Waals surface area (Å²) in [6, 6.07) is 8.22. The van der Waals surface area contributed by atoms with E-state index in [-0.39, 0.29) is 35.0 Å². The fraction of sp³-hybridized carbons (Fsp3) is 0.368.